The normalized spacial score (nSPS) is 23.3. The largest absolute Gasteiger partial charge is 0.479 e. The molecule has 3 rings (SSSR count). The maximum absolute atomic E-state index is 12.5. The van der Waals surface area contributed by atoms with Gasteiger partial charge in [0, 0.05) is 32.2 Å². The molecule has 0 aromatic rings. The van der Waals surface area contributed by atoms with Crippen molar-refractivity contribution in [2.24, 2.45) is 0 Å². The average molecular weight is 455 g/mol. The summed E-state index contributed by atoms with van der Waals surface area (Å²) in [7, 11) is 0. The molecule has 3 aliphatic rings. The zero-order valence-electron chi connectivity index (χ0n) is 16.5. The fraction of sp³-hybridized carbons (Fsp3) is 0.833. The van der Waals surface area contributed by atoms with Gasteiger partial charge >= 0.3 is 17.8 Å². The van der Waals surface area contributed by atoms with Crippen molar-refractivity contribution in [3.05, 3.63) is 0 Å². The molecule has 1 amide bonds. The van der Waals surface area contributed by atoms with E-state index in [-0.39, 0.29) is 24.8 Å². The van der Waals surface area contributed by atoms with Crippen molar-refractivity contribution in [3.63, 3.8) is 0 Å². The summed E-state index contributed by atoms with van der Waals surface area (Å²) in [4.78, 5) is 38.6. The zero-order chi connectivity index (χ0) is 19.4. The van der Waals surface area contributed by atoms with E-state index in [1.54, 1.807) is 5.01 Å². The third-order valence-corrected chi connectivity index (χ3v) is 6.26. The molecule has 0 aromatic carbocycles. The number of aliphatic carboxylic acids is 2. The number of hydrogen-bond acceptors (Lipinski definition) is 6. The lowest BCUT2D eigenvalue weighted by atomic mass is 9.81. The molecule has 0 bridgehead atoms. The summed E-state index contributed by atoms with van der Waals surface area (Å²) in [5, 5.41) is 25.4. The van der Waals surface area contributed by atoms with Crippen molar-refractivity contribution in [2.75, 3.05) is 39.3 Å². The van der Waals surface area contributed by atoms with Gasteiger partial charge in [-0.3, -0.25) is 9.69 Å². The quantitative estimate of drug-likeness (QED) is 0.534. The molecule has 2 aliphatic heterocycles. The molecule has 3 fully saturated rings. The number of piperazine rings is 1. The number of piperidine rings is 1. The van der Waals surface area contributed by atoms with Crippen LogP contribution in [0.4, 0.5) is 0 Å². The third-order valence-electron chi connectivity index (χ3n) is 6.26. The summed E-state index contributed by atoms with van der Waals surface area (Å²) in [6, 6.07) is 0.500. The molecular formula is C18H32Cl2N4O5. The Bertz CT molecular complexity index is 575. The van der Waals surface area contributed by atoms with Gasteiger partial charge in [-0.15, -0.1) is 24.8 Å². The number of carbonyl (C=O) groups excluding carboxylic acids is 1. The van der Waals surface area contributed by atoms with E-state index >= 15 is 0 Å². The van der Waals surface area contributed by atoms with Gasteiger partial charge in [-0.25, -0.2) is 19.6 Å². The van der Waals surface area contributed by atoms with Crippen molar-refractivity contribution < 1.29 is 24.6 Å². The number of hydrazine groups is 1. The Morgan fingerprint density at radius 3 is 1.93 bits per heavy atom. The second-order valence-corrected chi connectivity index (χ2v) is 7.79. The van der Waals surface area contributed by atoms with E-state index in [0.29, 0.717) is 57.9 Å². The first-order valence-electron chi connectivity index (χ1n) is 9.96. The molecule has 0 spiro atoms. The first-order chi connectivity index (χ1) is 13.0. The summed E-state index contributed by atoms with van der Waals surface area (Å²) in [6.45, 7) is 4.36. The van der Waals surface area contributed by atoms with Gasteiger partial charge in [0.15, 0.2) is 5.54 Å². The Balaban J connectivity index is 0.00000210. The standard InChI is InChI=1S/C18H30N4O5.2ClH/c23-15(16(24)25)22(18(17(26)27)6-2-1-3-7-18)21-12-10-20(11-13-21)14-4-8-19-9-5-14;;/h14,19H,1-13H2,(H,24,25)(H,26,27);2*1H. The van der Waals surface area contributed by atoms with Crippen LogP contribution >= 0.6 is 24.8 Å². The van der Waals surface area contributed by atoms with E-state index in [2.05, 4.69) is 10.2 Å². The maximum Gasteiger partial charge on any atom is 0.396 e. The van der Waals surface area contributed by atoms with Gasteiger partial charge in [0.05, 0.1) is 0 Å². The molecule has 2 saturated heterocycles. The topological polar surface area (TPSA) is 113 Å². The predicted octanol–water partition coefficient (Wildman–Crippen LogP) is 0.815. The molecule has 0 radical (unpaired) electrons. The molecule has 0 atom stereocenters. The molecule has 0 unspecified atom stereocenters. The molecule has 11 heteroatoms. The summed E-state index contributed by atoms with van der Waals surface area (Å²) >= 11 is 0. The van der Waals surface area contributed by atoms with E-state index in [1.165, 1.54) is 0 Å². The maximum atomic E-state index is 12.5. The fourth-order valence-corrected chi connectivity index (χ4v) is 4.79. The number of carboxylic acid groups (broad SMARTS) is 2. The minimum Gasteiger partial charge on any atom is -0.479 e. The Kier molecular flexibility index (Phi) is 10.1. The summed E-state index contributed by atoms with van der Waals surface area (Å²) in [5.74, 6) is -3.82. The monoisotopic (exact) mass is 454 g/mol. The molecule has 29 heavy (non-hydrogen) atoms. The lowest BCUT2D eigenvalue weighted by molar-refractivity contribution is -0.196. The highest BCUT2D eigenvalue weighted by Gasteiger charge is 2.52. The van der Waals surface area contributed by atoms with Gasteiger partial charge in [0.2, 0.25) is 0 Å². The van der Waals surface area contributed by atoms with Crippen LogP contribution in [-0.2, 0) is 14.4 Å². The van der Waals surface area contributed by atoms with Gasteiger partial charge in [-0.05, 0) is 38.8 Å². The van der Waals surface area contributed by atoms with Crippen LogP contribution in [0.15, 0.2) is 0 Å². The molecule has 1 aliphatic carbocycles. The molecule has 3 N–H and O–H groups in total. The second kappa shape index (κ2) is 11.3. The zero-order valence-corrected chi connectivity index (χ0v) is 18.2. The van der Waals surface area contributed by atoms with Crippen LogP contribution in [0.25, 0.3) is 0 Å². The van der Waals surface area contributed by atoms with Crippen LogP contribution in [0.3, 0.4) is 0 Å². The fourth-order valence-electron chi connectivity index (χ4n) is 4.79. The van der Waals surface area contributed by atoms with Crippen molar-refractivity contribution in [3.8, 4) is 0 Å². The lowest BCUT2D eigenvalue weighted by Crippen LogP contribution is -2.68. The highest BCUT2D eigenvalue weighted by Crippen LogP contribution is 2.36. The number of amides is 1. The predicted molar refractivity (Wildman–Crippen MR) is 111 cm³/mol. The first kappa shape index (κ1) is 25.9. The van der Waals surface area contributed by atoms with E-state index in [9.17, 15) is 24.6 Å². The smallest absolute Gasteiger partial charge is 0.396 e. The first-order valence-corrected chi connectivity index (χ1v) is 9.96. The number of nitrogens with zero attached hydrogens (tertiary/aromatic N) is 3. The van der Waals surface area contributed by atoms with Crippen LogP contribution in [-0.4, -0.2) is 93.8 Å². The van der Waals surface area contributed by atoms with E-state index in [4.69, 9.17) is 0 Å². The highest BCUT2D eigenvalue weighted by molar-refractivity contribution is 6.31. The minimum atomic E-state index is -1.60. The van der Waals surface area contributed by atoms with E-state index in [0.717, 1.165) is 37.4 Å². The number of nitrogens with one attached hydrogen (secondary N) is 1. The Morgan fingerprint density at radius 1 is 0.897 bits per heavy atom. The Labute approximate surface area is 183 Å². The van der Waals surface area contributed by atoms with E-state index in [1.807, 2.05) is 0 Å². The molecular weight excluding hydrogens is 423 g/mol. The number of halogens is 2. The molecule has 0 aromatic heterocycles. The van der Waals surface area contributed by atoms with Crippen LogP contribution in [0.1, 0.15) is 44.9 Å². The Morgan fingerprint density at radius 2 is 1.45 bits per heavy atom. The van der Waals surface area contributed by atoms with Crippen LogP contribution in [0, 0.1) is 0 Å². The van der Waals surface area contributed by atoms with Crippen LogP contribution in [0.5, 0.6) is 0 Å². The molecule has 9 nitrogen and oxygen atoms in total. The van der Waals surface area contributed by atoms with Crippen LogP contribution in [0.2, 0.25) is 0 Å². The minimum absolute atomic E-state index is 0. The van der Waals surface area contributed by atoms with Crippen LogP contribution < -0.4 is 5.32 Å². The number of rotatable bonds is 4. The molecule has 168 valence electrons. The van der Waals surface area contributed by atoms with Gasteiger partial charge < -0.3 is 15.5 Å². The lowest BCUT2D eigenvalue weighted by Gasteiger charge is -2.50. The van der Waals surface area contributed by atoms with Gasteiger partial charge in [-0.1, -0.05) is 19.3 Å². The summed E-state index contributed by atoms with van der Waals surface area (Å²) in [5.41, 5.74) is -1.44. The Hall–Kier alpha value is -1.13. The van der Waals surface area contributed by atoms with Gasteiger partial charge in [0.1, 0.15) is 0 Å². The number of carboxylic acids is 2. The number of carbonyl (C=O) groups is 3. The molecule has 1 saturated carbocycles. The van der Waals surface area contributed by atoms with Crippen molar-refractivity contribution in [2.45, 2.75) is 56.5 Å². The average Bonchev–Trinajstić information content (AvgIpc) is 2.70. The number of hydrogen-bond donors (Lipinski definition) is 3. The van der Waals surface area contributed by atoms with Crippen molar-refractivity contribution in [1.82, 2.24) is 20.2 Å². The van der Waals surface area contributed by atoms with Gasteiger partial charge in [-0.2, -0.15) is 0 Å². The summed E-state index contributed by atoms with van der Waals surface area (Å²) in [6.07, 6.45) is 5.04. The van der Waals surface area contributed by atoms with Gasteiger partial charge in [0.25, 0.3) is 0 Å². The summed E-state index contributed by atoms with van der Waals surface area (Å²) < 4.78 is 0. The second-order valence-electron chi connectivity index (χ2n) is 7.79. The van der Waals surface area contributed by atoms with Crippen molar-refractivity contribution in [1.29, 1.82) is 0 Å². The van der Waals surface area contributed by atoms with E-state index < -0.39 is 23.4 Å². The highest BCUT2D eigenvalue weighted by atomic mass is 35.5. The molecule has 2 heterocycles. The van der Waals surface area contributed by atoms with Crippen molar-refractivity contribution >= 4 is 42.7 Å². The SMILES string of the molecule is Cl.Cl.O=C(O)C(=O)N(N1CCN(C2CCNCC2)CC1)C1(C(=O)O)CCCCC1. The third kappa shape index (κ3) is 5.52.